The molecule has 0 bridgehead atoms. The standard InChI is InChI=1S/C16H27NO/c1-5-15(6-2)18-16-10-8-7-9-14(16)12-17-11-13(3)4/h7-10,13,15,17H,5-6,11-12H2,1-4H3. The van der Waals surface area contributed by atoms with E-state index in [2.05, 4.69) is 51.2 Å². The zero-order valence-electron chi connectivity index (χ0n) is 12.2. The van der Waals surface area contributed by atoms with Gasteiger partial charge in [-0.05, 0) is 31.4 Å². The van der Waals surface area contributed by atoms with Gasteiger partial charge in [-0.25, -0.2) is 0 Å². The van der Waals surface area contributed by atoms with Crippen molar-refractivity contribution in [3.05, 3.63) is 29.8 Å². The minimum Gasteiger partial charge on any atom is -0.490 e. The second-order valence-corrected chi connectivity index (χ2v) is 5.19. The normalized spacial score (nSPS) is 11.2. The van der Waals surface area contributed by atoms with Crippen molar-refractivity contribution in [1.82, 2.24) is 5.32 Å². The van der Waals surface area contributed by atoms with Crippen molar-refractivity contribution < 1.29 is 4.74 Å². The van der Waals surface area contributed by atoms with Crippen LogP contribution in [-0.2, 0) is 6.54 Å². The summed E-state index contributed by atoms with van der Waals surface area (Å²) in [6.45, 7) is 10.7. The second kappa shape index (κ2) is 8.15. The van der Waals surface area contributed by atoms with Gasteiger partial charge in [0.1, 0.15) is 5.75 Å². The number of ether oxygens (including phenoxy) is 1. The van der Waals surface area contributed by atoms with Crippen molar-refractivity contribution >= 4 is 0 Å². The Hall–Kier alpha value is -1.02. The van der Waals surface area contributed by atoms with Crippen LogP contribution in [0.1, 0.15) is 46.1 Å². The Morgan fingerprint density at radius 2 is 1.78 bits per heavy atom. The SMILES string of the molecule is CCC(CC)Oc1ccccc1CNCC(C)C. The van der Waals surface area contributed by atoms with E-state index in [1.165, 1.54) is 5.56 Å². The largest absolute Gasteiger partial charge is 0.490 e. The van der Waals surface area contributed by atoms with Crippen LogP contribution in [0.2, 0.25) is 0 Å². The van der Waals surface area contributed by atoms with Gasteiger partial charge in [0.05, 0.1) is 6.10 Å². The van der Waals surface area contributed by atoms with Crippen molar-refractivity contribution in [3.63, 3.8) is 0 Å². The topological polar surface area (TPSA) is 21.3 Å². The fourth-order valence-corrected chi connectivity index (χ4v) is 1.90. The first kappa shape index (κ1) is 15.0. The van der Waals surface area contributed by atoms with Crippen LogP contribution >= 0.6 is 0 Å². The van der Waals surface area contributed by atoms with E-state index in [0.717, 1.165) is 31.7 Å². The summed E-state index contributed by atoms with van der Waals surface area (Å²) in [6.07, 6.45) is 2.45. The smallest absolute Gasteiger partial charge is 0.124 e. The minimum atomic E-state index is 0.330. The molecule has 102 valence electrons. The number of benzene rings is 1. The number of hydrogen-bond donors (Lipinski definition) is 1. The average molecular weight is 249 g/mol. The number of rotatable bonds is 8. The Morgan fingerprint density at radius 1 is 1.11 bits per heavy atom. The molecule has 1 aromatic carbocycles. The van der Waals surface area contributed by atoms with Gasteiger partial charge in [-0.2, -0.15) is 0 Å². The molecule has 0 aliphatic heterocycles. The summed E-state index contributed by atoms with van der Waals surface area (Å²) in [6, 6.07) is 8.34. The molecule has 0 aromatic heterocycles. The van der Waals surface area contributed by atoms with Gasteiger partial charge in [-0.15, -0.1) is 0 Å². The highest BCUT2D eigenvalue weighted by atomic mass is 16.5. The summed E-state index contributed by atoms with van der Waals surface area (Å²) in [7, 11) is 0. The van der Waals surface area contributed by atoms with Crippen LogP contribution in [0.15, 0.2) is 24.3 Å². The lowest BCUT2D eigenvalue weighted by molar-refractivity contribution is 0.190. The van der Waals surface area contributed by atoms with Gasteiger partial charge < -0.3 is 10.1 Å². The molecule has 0 aliphatic carbocycles. The fourth-order valence-electron chi connectivity index (χ4n) is 1.90. The van der Waals surface area contributed by atoms with E-state index in [1.54, 1.807) is 0 Å². The highest BCUT2D eigenvalue weighted by Gasteiger charge is 2.08. The van der Waals surface area contributed by atoms with E-state index >= 15 is 0 Å². The van der Waals surface area contributed by atoms with E-state index in [9.17, 15) is 0 Å². The summed E-state index contributed by atoms with van der Waals surface area (Å²) >= 11 is 0. The van der Waals surface area contributed by atoms with Gasteiger partial charge in [-0.3, -0.25) is 0 Å². The molecule has 0 unspecified atom stereocenters. The molecule has 0 fully saturated rings. The summed E-state index contributed by atoms with van der Waals surface area (Å²) in [5, 5.41) is 3.47. The summed E-state index contributed by atoms with van der Waals surface area (Å²) in [5.74, 6) is 1.71. The van der Waals surface area contributed by atoms with Gasteiger partial charge in [0, 0.05) is 12.1 Å². The van der Waals surface area contributed by atoms with Crippen LogP contribution in [0.3, 0.4) is 0 Å². The van der Waals surface area contributed by atoms with Gasteiger partial charge >= 0.3 is 0 Å². The van der Waals surface area contributed by atoms with Crippen molar-refractivity contribution in [1.29, 1.82) is 0 Å². The molecule has 0 amide bonds. The molecular formula is C16H27NO. The molecule has 0 spiro atoms. The van der Waals surface area contributed by atoms with E-state index in [0.29, 0.717) is 12.0 Å². The Labute approximate surface area is 112 Å². The molecular weight excluding hydrogens is 222 g/mol. The first-order chi connectivity index (χ1) is 8.67. The third kappa shape index (κ3) is 5.09. The molecule has 18 heavy (non-hydrogen) atoms. The summed E-state index contributed by atoms with van der Waals surface area (Å²) in [5.41, 5.74) is 1.25. The number of para-hydroxylation sites is 1. The van der Waals surface area contributed by atoms with E-state index in [1.807, 2.05) is 6.07 Å². The maximum atomic E-state index is 6.06. The van der Waals surface area contributed by atoms with Crippen LogP contribution in [0.25, 0.3) is 0 Å². The maximum Gasteiger partial charge on any atom is 0.124 e. The minimum absolute atomic E-state index is 0.330. The van der Waals surface area contributed by atoms with Gasteiger partial charge in [0.25, 0.3) is 0 Å². The molecule has 0 saturated carbocycles. The predicted molar refractivity (Wildman–Crippen MR) is 78.0 cm³/mol. The van der Waals surface area contributed by atoms with Gasteiger partial charge in [0.2, 0.25) is 0 Å². The van der Waals surface area contributed by atoms with Crippen LogP contribution in [0, 0.1) is 5.92 Å². The van der Waals surface area contributed by atoms with Crippen molar-refractivity contribution in [2.45, 2.75) is 53.2 Å². The van der Waals surface area contributed by atoms with Gasteiger partial charge in [0.15, 0.2) is 0 Å². The number of hydrogen-bond acceptors (Lipinski definition) is 2. The quantitative estimate of drug-likeness (QED) is 0.752. The second-order valence-electron chi connectivity index (χ2n) is 5.19. The van der Waals surface area contributed by atoms with Crippen LogP contribution in [-0.4, -0.2) is 12.6 Å². The Bertz CT molecular complexity index is 332. The maximum absolute atomic E-state index is 6.06. The van der Waals surface area contributed by atoms with Crippen molar-refractivity contribution in [3.8, 4) is 5.75 Å². The lowest BCUT2D eigenvalue weighted by atomic mass is 10.1. The molecule has 0 heterocycles. The third-order valence-electron chi connectivity index (χ3n) is 3.04. The van der Waals surface area contributed by atoms with Crippen LogP contribution in [0.4, 0.5) is 0 Å². The molecule has 0 aliphatic rings. The highest BCUT2D eigenvalue weighted by Crippen LogP contribution is 2.21. The summed E-state index contributed by atoms with van der Waals surface area (Å²) < 4.78 is 6.06. The molecule has 2 nitrogen and oxygen atoms in total. The third-order valence-corrected chi connectivity index (χ3v) is 3.04. The molecule has 1 aromatic rings. The van der Waals surface area contributed by atoms with E-state index in [-0.39, 0.29) is 0 Å². The molecule has 2 heteroatoms. The van der Waals surface area contributed by atoms with Crippen molar-refractivity contribution in [2.24, 2.45) is 5.92 Å². The zero-order valence-corrected chi connectivity index (χ0v) is 12.2. The Morgan fingerprint density at radius 3 is 2.39 bits per heavy atom. The lowest BCUT2D eigenvalue weighted by Crippen LogP contribution is -2.20. The predicted octanol–water partition coefficient (Wildman–Crippen LogP) is 4.00. The summed E-state index contributed by atoms with van der Waals surface area (Å²) in [4.78, 5) is 0. The first-order valence-electron chi connectivity index (χ1n) is 7.12. The molecule has 0 radical (unpaired) electrons. The monoisotopic (exact) mass is 249 g/mol. The number of nitrogens with one attached hydrogen (secondary N) is 1. The van der Waals surface area contributed by atoms with Crippen molar-refractivity contribution in [2.75, 3.05) is 6.54 Å². The van der Waals surface area contributed by atoms with E-state index in [4.69, 9.17) is 4.74 Å². The Balaban J connectivity index is 2.61. The molecule has 1 N–H and O–H groups in total. The first-order valence-corrected chi connectivity index (χ1v) is 7.12. The molecule has 0 saturated heterocycles. The average Bonchev–Trinajstić information content (AvgIpc) is 2.37. The molecule has 0 atom stereocenters. The fraction of sp³-hybridized carbons (Fsp3) is 0.625. The van der Waals surface area contributed by atoms with Crippen LogP contribution < -0.4 is 10.1 Å². The van der Waals surface area contributed by atoms with E-state index < -0.39 is 0 Å². The molecule has 1 rings (SSSR count). The highest BCUT2D eigenvalue weighted by molar-refractivity contribution is 5.33. The zero-order chi connectivity index (χ0) is 13.4. The lowest BCUT2D eigenvalue weighted by Gasteiger charge is -2.19. The van der Waals surface area contributed by atoms with Crippen LogP contribution in [0.5, 0.6) is 5.75 Å². The Kier molecular flexibility index (Phi) is 6.81. The van der Waals surface area contributed by atoms with Gasteiger partial charge in [-0.1, -0.05) is 45.9 Å².